The first-order valence-corrected chi connectivity index (χ1v) is 6.22. The van der Waals surface area contributed by atoms with Crippen molar-refractivity contribution in [3.63, 3.8) is 0 Å². The van der Waals surface area contributed by atoms with Crippen LogP contribution in [0.5, 0.6) is 0 Å². The number of ether oxygens (including phenoxy) is 1. The van der Waals surface area contributed by atoms with Gasteiger partial charge in [-0.1, -0.05) is 11.3 Å². The van der Waals surface area contributed by atoms with Gasteiger partial charge >= 0.3 is 0 Å². The molecule has 0 aliphatic carbocycles. The molecule has 1 heterocycles. The van der Waals surface area contributed by atoms with Crippen molar-refractivity contribution in [2.75, 3.05) is 19.5 Å². The lowest BCUT2D eigenvalue weighted by molar-refractivity contribution is 0.200. The average Bonchev–Trinajstić information content (AvgIpc) is 2.51. The van der Waals surface area contributed by atoms with Crippen molar-refractivity contribution in [1.82, 2.24) is 10.2 Å². The van der Waals surface area contributed by atoms with Gasteiger partial charge in [-0.3, -0.25) is 0 Å². The second-order valence-corrected chi connectivity index (χ2v) is 5.10. The van der Waals surface area contributed by atoms with Crippen LogP contribution >= 0.6 is 34.7 Å². The summed E-state index contributed by atoms with van der Waals surface area (Å²) < 4.78 is 5.46. The quantitative estimate of drug-likeness (QED) is 0.714. The summed E-state index contributed by atoms with van der Waals surface area (Å²) in [5.41, 5.74) is 0. The second-order valence-electron chi connectivity index (χ2n) is 2.35. The summed E-state index contributed by atoms with van der Waals surface area (Å²) in [5, 5.41) is 8.64. The van der Waals surface area contributed by atoms with E-state index in [1.54, 1.807) is 7.11 Å². The summed E-state index contributed by atoms with van der Waals surface area (Å²) in [5.74, 6) is 1.99. The number of nitrogens with zero attached hydrogens (tertiary/aromatic N) is 2. The molecule has 0 saturated carbocycles. The monoisotopic (exact) mass is 238 g/mol. The normalized spacial score (nSPS) is 10.6. The van der Waals surface area contributed by atoms with Crippen LogP contribution in [0.2, 0.25) is 4.47 Å². The molecule has 0 aliphatic rings. The van der Waals surface area contributed by atoms with Crippen molar-refractivity contribution in [3.8, 4) is 0 Å². The highest BCUT2D eigenvalue weighted by atomic mass is 35.5. The maximum absolute atomic E-state index is 5.64. The smallest absolute Gasteiger partial charge is 0.207 e. The predicted octanol–water partition coefficient (Wildman–Crippen LogP) is 2.46. The average molecular weight is 239 g/mol. The molecule has 13 heavy (non-hydrogen) atoms. The van der Waals surface area contributed by atoms with Gasteiger partial charge in [0.1, 0.15) is 5.01 Å². The highest BCUT2D eigenvalue weighted by Crippen LogP contribution is 2.19. The number of thioether (sulfide) groups is 1. The fourth-order valence-electron chi connectivity index (χ4n) is 0.756. The maximum Gasteiger partial charge on any atom is 0.207 e. The summed E-state index contributed by atoms with van der Waals surface area (Å²) in [6.45, 7) is 0.823. The molecule has 1 aromatic rings. The Balaban J connectivity index is 2.06. The van der Waals surface area contributed by atoms with Crippen molar-refractivity contribution in [1.29, 1.82) is 0 Å². The molecule has 74 valence electrons. The Kier molecular flexibility index (Phi) is 5.70. The molecule has 1 rings (SSSR count). The lowest BCUT2D eigenvalue weighted by Gasteiger charge is -1.97. The highest BCUT2D eigenvalue weighted by Gasteiger charge is 2.00. The number of hydrogen-bond donors (Lipinski definition) is 0. The minimum Gasteiger partial charge on any atom is -0.385 e. The van der Waals surface area contributed by atoms with Crippen molar-refractivity contribution < 1.29 is 4.74 Å². The minimum absolute atomic E-state index is 0.521. The van der Waals surface area contributed by atoms with Gasteiger partial charge in [-0.05, 0) is 23.8 Å². The van der Waals surface area contributed by atoms with Crippen molar-refractivity contribution >= 4 is 34.7 Å². The van der Waals surface area contributed by atoms with Crippen molar-refractivity contribution in [2.45, 2.75) is 12.2 Å². The van der Waals surface area contributed by atoms with Gasteiger partial charge in [0.05, 0.1) is 0 Å². The Labute approximate surface area is 90.8 Å². The molecule has 0 atom stereocenters. The van der Waals surface area contributed by atoms with Gasteiger partial charge in [0.25, 0.3) is 0 Å². The zero-order valence-electron chi connectivity index (χ0n) is 7.33. The molecule has 0 unspecified atom stereocenters. The van der Waals surface area contributed by atoms with E-state index in [1.165, 1.54) is 11.3 Å². The van der Waals surface area contributed by atoms with Gasteiger partial charge in [-0.15, -0.1) is 10.2 Å². The summed E-state index contributed by atoms with van der Waals surface area (Å²) in [7, 11) is 1.72. The molecule has 6 heteroatoms. The Morgan fingerprint density at radius 2 is 2.38 bits per heavy atom. The van der Waals surface area contributed by atoms with E-state index in [0.29, 0.717) is 4.47 Å². The van der Waals surface area contributed by atoms with E-state index in [9.17, 15) is 0 Å². The number of rotatable bonds is 6. The third kappa shape index (κ3) is 4.81. The van der Waals surface area contributed by atoms with Crippen LogP contribution in [0.15, 0.2) is 0 Å². The topological polar surface area (TPSA) is 35.0 Å². The summed E-state index contributed by atoms with van der Waals surface area (Å²) in [6, 6.07) is 0. The van der Waals surface area contributed by atoms with Gasteiger partial charge in [0.2, 0.25) is 4.47 Å². The van der Waals surface area contributed by atoms with E-state index in [-0.39, 0.29) is 0 Å². The molecule has 0 saturated heterocycles. The maximum atomic E-state index is 5.64. The fraction of sp³-hybridized carbons (Fsp3) is 0.714. The molecule has 0 radical (unpaired) electrons. The molecular weight excluding hydrogens is 228 g/mol. The van der Waals surface area contributed by atoms with Crippen molar-refractivity contribution in [2.24, 2.45) is 0 Å². The molecule has 1 aromatic heterocycles. The van der Waals surface area contributed by atoms with E-state index in [4.69, 9.17) is 16.3 Å². The van der Waals surface area contributed by atoms with E-state index in [0.717, 1.165) is 29.5 Å². The van der Waals surface area contributed by atoms with Crippen LogP contribution in [0.25, 0.3) is 0 Å². The summed E-state index contributed by atoms with van der Waals surface area (Å²) in [4.78, 5) is 0. The Hall–Kier alpha value is 0.160. The Morgan fingerprint density at radius 1 is 1.54 bits per heavy atom. The molecule has 3 nitrogen and oxygen atoms in total. The third-order valence-corrected chi connectivity index (χ3v) is 3.56. The molecule has 0 aliphatic heterocycles. The van der Waals surface area contributed by atoms with E-state index < -0.39 is 0 Å². The zero-order valence-corrected chi connectivity index (χ0v) is 9.71. The Bertz CT molecular complexity index is 244. The third-order valence-electron chi connectivity index (χ3n) is 1.30. The van der Waals surface area contributed by atoms with Crippen molar-refractivity contribution in [3.05, 3.63) is 9.47 Å². The Morgan fingerprint density at radius 3 is 3.00 bits per heavy atom. The van der Waals surface area contributed by atoms with Crippen LogP contribution in [0.1, 0.15) is 11.4 Å². The number of halogens is 1. The van der Waals surface area contributed by atoms with E-state index in [1.807, 2.05) is 11.8 Å². The largest absolute Gasteiger partial charge is 0.385 e. The number of methoxy groups -OCH3 is 1. The van der Waals surface area contributed by atoms with Gasteiger partial charge in [0, 0.05) is 19.5 Å². The first-order valence-electron chi connectivity index (χ1n) is 3.87. The molecule has 0 spiro atoms. The molecule has 0 amide bonds. The zero-order chi connectivity index (χ0) is 9.52. The predicted molar refractivity (Wildman–Crippen MR) is 57.6 cm³/mol. The molecule has 0 aromatic carbocycles. The lowest BCUT2D eigenvalue weighted by atomic mass is 10.5. The first-order chi connectivity index (χ1) is 6.33. The molecule has 0 N–H and O–H groups in total. The van der Waals surface area contributed by atoms with Gasteiger partial charge in [-0.25, -0.2) is 0 Å². The first kappa shape index (κ1) is 11.2. The van der Waals surface area contributed by atoms with Crippen LogP contribution in [0, 0.1) is 0 Å². The van der Waals surface area contributed by atoms with Gasteiger partial charge < -0.3 is 4.74 Å². The second kappa shape index (κ2) is 6.59. The van der Waals surface area contributed by atoms with Gasteiger partial charge in [-0.2, -0.15) is 11.8 Å². The summed E-state index contributed by atoms with van der Waals surface area (Å²) >= 11 is 8.91. The molecule has 0 bridgehead atoms. The van der Waals surface area contributed by atoms with Crippen LogP contribution in [-0.4, -0.2) is 29.7 Å². The molecule has 0 fully saturated rings. The van der Waals surface area contributed by atoms with Gasteiger partial charge in [0.15, 0.2) is 0 Å². The fourth-order valence-corrected chi connectivity index (χ4v) is 2.60. The highest BCUT2D eigenvalue weighted by molar-refractivity contribution is 7.98. The van der Waals surface area contributed by atoms with Crippen LogP contribution < -0.4 is 0 Å². The van der Waals surface area contributed by atoms with Crippen LogP contribution in [0.4, 0.5) is 0 Å². The molecular formula is C7H11ClN2OS2. The van der Waals surface area contributed by atoms with E-state index in [2.05, 4.69) is 10.2 Å². The van der Waals surface area contributed by atoms with Crippen LogP contribution in [0.3, 0.4) is 0 Å². The number of hydrogen-bond acceptors (Lipinski definition) is 5. The SMILES string of the molecule is COCCCSCc1nnc(Cl)s1. The van der Waals surface area contributed by atoms with Crippen LogP contribution in [-0.2, 0) is 10.5 Å². The summed E-state index contributed by atoms with van der Waals surface area (Å²) in [6.07, 6.45) is 1.08. The minimum atomic E-state index is 0.521. The lowest BCUT2D eigenvalue weighted by Crippen LogP contribution is -1.90. The number of aromatic nitrogens is 2. The van der Waals surface area contributed by atoms with E-state index >= 15 is 0 Å². The standard InChI is InChI=1S/C7H11ClN2OS2/c1-11-3-2-4-12-5-6-9-10-7(8)13-6/h2-5H2,1H3.